The molecule has 0 saturated carbocycles. The number of hydrogen-bond acceptors (Lipinski definition) is 4. The van der Waals surface area contributed by atoms with Gasteiger partial charge in [0.15, 0.2) is 5.78 Å². The number of halogens is 2. The number of aromatic nitrogens is 1. The predicted molar refractivity (Wildman–Crippen MR) is 113 cm³/mol. The van der Waals surface area contributed by atoms with Crippen molar-refractivity contribution in [1.82, 2.24) is 10.3 Å². The topological polar surface area (TPSA) is 59.1 Å². The number of thioether (sulfide) groups is 1. The highest BCUT2D eigenvalue weighted by atomic mass is 35.5. The molecule has 0 aliphatic heterocycles. The van der Waals surface area contributed by atoms with Crippen molar-refractivity contribution in [2.24, 2.45) is 0 Å². The molecule has 0 atom stereocenters. The van der Waals surface area contributed by atoms with E-state index in [2.05, 4.69) is 10.3 Å². The summed E-state index contributed by atoms with van der Waals surface area (Å²) < 4.78 is 12.9. The summed E-state index contributed by atoms with van der Waals surface area (Å²) in [5, 5.41) is 4.06. The summed E-state index contributed by atoms with van der Waals surface area (Å²) in [6, 6.07) is 16.3. The van der Waals surface area contributed by atoms with Crippen LogP contribution in [0.15, 0.2) is 71.9 Å². The van der Waals surface area contributed by atoms with Gasteiger partial charge in [-0.15, -0.1) is 0 Å². The number of carbonyl (C=O) groups is 2. The number of Topliss-reactive ketones (excluding diaryl/α,β-unsaturated/α-hetero) is 1. The van der Waals surface area contributed by atoms with Crippen molar-refractivity contribution >= 4 is 35.1 Å². The van der Waals surface area contributed by atoms with Crippen molar-refractivity contribution in [2.45, 2.75) is 11.4 Å². The Morgan fingerprint density at radius 1 is 0.966 bits per heavy atom. The molecule has 4 nitrogen and oxygen atoms in total. The zero-order valence-electron chi connectivity index (χ0n) is 15.4. The molecule has 29 heavy (non-hydrogen) atoms. The first-order valence-corrected chi connectivity index (χ1v) is 10.3. The zero-order chi connectivity index (χ0) is 20.6. The molecular weight excluding hydrogens is 411 g/mol. The summed E-state index contributed by atoms with van der Waals surface area (Å²) in [5.41, 5.74) is 1.98. The van der Waals surface area contributed by atoms with Crippen LogP contribution in [0, 0.1) is 5.82 Å². The number of benzene rings is 2. The van der Waals surface area contributed by atoms with Crippen molar-refractivity contribution in [3.8, 4) is 0 Å². The van der Waals surface area contributed by atoms with Crippen LogP contribution in [0.4, 0.5) is 4.39 Å². The van der Waals surface area contributed by atoms with E-state index in [0.717, 1.165) is 5.56 Å². The van der Waals surface area contributed by atoms with Crippen molar-refractivity contribution in [2.75, 3.05) is 12.3 Å². The van der Waals surface area contributed by atoms with Gasteiger partial charge in [0.25, 0.3) is 5.91 Å². The normalized spacial score (nSPS) is 10.6. The van der Waals surface area contributed by atoms with Crippen molar-refractivity contribution in [3.63, 3.8) is 0 Å². The molecule has 0 aliphatic carbocycles. The number of carbonyl (C=O) groups excluding carboxylic acids is 2. The van der Waals surface area contributed by atoms with E-state index in [1.54, 1.807) is 48.5 Å². The van der Waals surface area contributed by atoms with E-state index >= 15 is 0 Å². The lowest BCUT2D eigenvalue weighted by molar-refractivity contribution is 0.0952. The Morgan fingerprint density at radius 2 is 1.66 bits per heavy atom. The summed E-state index contributed by atoms with van der Waals surface area (Å²) in [6.07, 6.45) is 2.10. The predicted octanol–water partition coefficient (Wildman–Crippen LogP) is 4.82. The standard InChI is InChI=1S/C22H18ClFN2O2S/c23-18-6-3-16(4-7-18)20(27)14-29-21-10-5-17(13-26-21)22(28)25-12-11-15-1-8-19(24)9-2-15/h1-10,13H,11-12,14H2,(H,25,28). The van der Waals surface area contributed by atoms with Crippen LogP contribution in [0.3, 0.4) is 0 Å². The molecule has 0 bridgehead atoms. The van der Waals surface area contributed by atoms with Gasteiger partial charge in [-0.25, -0.2) is 9.37 Å². The lowest BCUT2D eigenvalue weighted by atomic mass is 10.1. The molecule has 148 valence electrons. The van der Waals surface area contributed by atoms with E-state index in [9.17, 15) is 14.0 Å². The molecule has 3 rings (SSSR count). The highest BCUT2D eigenvalue weighted by Crippen LogP contribution is 2.18. The summed E-state index contributed by atoms with van der Waals surface area (Å²) in [4.78, 5) is 28.6. The molecule has 7 heteroatoms. The molecule has 1 heterocycles. The second-order valence-electron chi connectivity index (χ2n) is 6.24. The van der Waals surface area contributed by atoms with E-state index in [-0.39, 0.29) is 23.3 Å². The molecule has 2 aromatic carbocycles. The molecule has 0 saturated heterocycles. The Hall–Kier alpha value is -2.70. The summed E-state index contributed by atoms with van der Waals surface area (Å²) in [5.74, 6) is -0.279. The quantitative estimate of drug-likeness (QED) is 0.412. The number of nitrogens with one attached hydrogen (secondary N) is 1. The van der Waals surface area contributed by atoms with Crippen LogP contribution in [0.25, 0.3) is 0 Å². The summed E-state index contributed by atoms with van der Waals surface area (Å²) >= 11 is 7.13. The van der Waals surface area contributed by atoms with Crippen LogP contribution in [0.1, 0.15) is 26.3 Å². The first-order chi connectivity index (χ1) is 14.0. The minimum atomic E-state index is -0.281. The molecule has 1 amide bonds. The molecule has 1 N–H and O–H groups in total. The van der Waals surface area contributed by atoms with Crippen LogP contribution >= 0.6 is 23.4 Å². The summed E-state index contributed by atoms with van der Waals surface area (Å²) in [7, 11) is 0. The largest absolute Gasteiger partial charge is 0.352 e. The van der Waals surface area contributed by atoms with Crippen molar-refractivity contribution in [3.05, 3.63) is 94.4 Å². The highest BCUT2D eigenvalue weighted by Gasteiger charge is 2.09. The highest BCUT2D eigenvalue weighted by molar-refractivity contribution is 7.99. The number of pyridine rings is 1. The average Bonchev–Trinajstić information content (AvgIpc) is 2.74. The van der Waals surface area contributed by atoms with Gasteiger partial charge in [0.1, 0.15) is 5.82 Å². The van der Waals surface area contributed by atoms with E-state index in [1.807, 2.05) is 0 Å². The number of hydrogen-bond donors (Lipinski definition) is 1. The van der Waals surface area contributed by atoms with Crippen molar-refractivity contribution < 1.29 is 14.0 Å². The maximum Gasteiger partial charge on any atom is 0.252 e. The smallest absolute Gasteiger partial charge is 0.252 e. The number of nitrogens with zero attached hydrogens (tertiary/aromatic N) is 1. The Morgan fingerprint density at radius 3 is 2.31 bits per heavy atom. The van der Waals surface area contributed by atoms with Gasteiger partial charge in [-0.2, -0.15) is 0 Å². The maximum atomic E-state index is 12.9. The fourth-order valence-corrected chi connectivity index (χ4v) is 3.40. The molecule has 0 radical (unpaired) electrons. The van der Waals surface area contributed by atoms with Gasteiger partial charge in [-0.05, 0) is 60.5 Å². The molecule has 0 aliphatic rings. The van der Waals surface area contributed by atoms with Gasteiger partial charge < -0.3 is 5.32 Å². The van der Waals surface area contributed by atoms with Gasteiger partial charge in [0.05, 0.1) is 16.3 Å². The Kier molecular flexibility index (Phi) is 7.38. The average molecular weight is 429 g/mol. The van der Waals surface area contributed by atoms with Gasteiger partial charge in [-0.1, -0.05) is 35.5 Å². The maximum absolute atomic E-state index is 12.9. The fourth-order valence-electron chi connectivity index (χ4n) is 2.53. The van der Waals surface area contributed by atoms with Crippen LogP contribution < -0.4 is 5.32 Å². The monoisotopic (exact) mass is 428 g/mol. The third-order valence-corrected chi connectivity index (χ3v) is 5.32. The molecule has 0 spiro atoms. The van der Waals surface area contributed by atoms with E-state index in [0.29, 0.717) is 34.1 Å². The first kappa shape index (κ1) is 21.0. The van der Waals surface area contributed by atoms with Crippen LogP contribution in [-0.4, -0.2) is 29.0 Å². The van der Waals surface area contributed by atoms with Crippen LogP contribution in [0.2, 0.25) is 5.02 Å². The molecule has 0 fully saturated rings. The van der Waals surface area contributed by atoms with E-state index in [1.165, 1.54) is 30.1 Å². The Bertz CT molecular complexity index is 977. The minimum Gasteiger partial charge on any atom is -0.352 e. The SMILES string of the molecule is O=C(CSc1ccc(C(=O)NCCc2ccc(F)cc2)cn1)c1ccc(Cl)cc1. The van der Waals surface area contributed by atoms with Gasteiger partial charge in [0.2, 0.25) is 0 Å². The molecule has 1 aromatic heterocycles. The molecule has 0 unspecified atom stereocenters. The number of amides is 1. The number of ketones is 1. The van der Waals surface area contributed by atoms with Gasteiger partial charge in [0, 0.05) is 23.3 Å². The van der Waals surface area contributed by atoms with E-state index in [4.69, 9.17) is 11.6 Å². The third-order valence-electron chi connectivity index (χ3n) is 4.13. The van der Waals surface area contributed by atoms with Crippen molar-refractivity contribution in [1.29, 1.82) is 0 Å². The van der Waals surface area contributed by atoms with Crippen LogP contribution in [-0.2, 0) is 6.42 Å². The Labute approximate surface area is 177 Å². The third kappa shape index (κ3) is 6.41. The first-order valence-electron chi connectivity index (χ1n) is 8.91. The second-order valence-corrected chi connectivity index (χ2v) is 7.67. The lowest BCUT2D eigenvalue weighted by Gasteiger charge is -2.06. The fraction of sp³-hybridized carbons (Fsp3) is 0.136. The van der Waals surface area contributed by atoms with E-state index < -0.39 is 0 Å². The Balaban J connectivity index is 1.46. The summed E-state index contributed by atoms with van der Waals surface area (Å²) in [6.45, 7) is 0.441. The molecular formula is C22H18ClFN2O2S. The second kappa shape index (κ2) is 10.2. The molecule has 3 aromatic rings. The van der Waals surface area contributed by atoms with Gasteiger partial charge >= 0.3 is 0 Å². The van der Waals surface area contributed by atoms with Gasteiger partial charge in [-0.3, -0.25) is 9.59 Å². The lowest BCUT2D eigenvalue weighted by Crippen LogP contribution is -2.25. The zero-order valence-corrected chi connectivity index (χ0v) is 17.0. The minimum absolute atomic E-state index is 0.0175. The number of rotatable bonds is 8. The van der Waals surface area contributed by atoms with Crippen LogP contribution in [0.5, 0.6) is 0 Å².